The molecule has 5 nitrogen and oxygen atoms in total. The van der Waals surface area contributed by atoms with E-state index in [2.05, 4.69) is 0 Å². The molecule has 1 amide bonds. The summed E-state index contributed by atoms with van der Waals surface area (Å²) in [6.07, 6.45) is -6.67. The van der Waals surface area contributed by atoms with Crippen molar-refractivity contribution in [2.24, 2.45) is 5.41 Å². The van der Waals surface area contributed by atoms with Gasteiger partial charge in [0, 0.05) is 18.1 Å². The Morgan fingerprint density at radius 1 is 1.40 bits per heavy atom. The Morgan fingerprint density at radius 3 is 2.52 bits per heavy atom. The molecule has 0 aliphatic carbocycles. The number of carboxylic acid groups (broad SMARTS) is 1. The lowest BCUT2D eigenvalue weighted by Crippen LogP contribution is -2.49. The number of rotatable bonds is 4. The number of aliphatic carboxylic acids is 1. The monoisotopic (exact) mass is 379 g/mol. The Kier molecular flexibility index (Phi) is 5.22. The first kappa shape index (κ1) is 19.4. The maximum absolute atomic E-state index is 13.2. The molecule has 1 aromatic carbocycles. The van der Waals surface area contributed by atoms with Gasteiger partial charge in [0.1, 0.15) is 5.75 Å². The van der Waals surface area contributed by atoms with Crippen LogP contribution >= 0.6 is 11.6 Å². The van der Waals surface area contributed by atoms with Crippen LogP contribution in [0.3, 0.4) is 0 Å². The van der Waals surface area contributed by atoms with Gasteiger partial charge in [0.15, 0.2) is 11.5 Å². The fourth-order valence-electron chi connectivity index (χ4n) is 2.73. The summed E-state index contributed by atoms with van der Waals surface area (Å²) in [5.41, 5.74) is -2.21. The summed E-state index contributed by atoms with van der Waals surface area (Å²) in [5.74, 6) is -2.32. The number of benzene rings is 1. The molecule has 1 N–H and O–H groups in total. The van der Waals surface area contributed by atoms with Crippen molar-refractivity contribution >= 4 is 23.5 Å². The van der Waals surface area contributed by atoms with Gasteiger partial charge in [-0.2, -0.15) is 13.2 Å². The summed E-state index contributed by atoms with van der Waals surface area (Å²) in [7, 11) is 0. The van der Waals surface area contributed by atoms with Crippen molar-refractivity contribution in [2.45, 2.75) is 32.5 Å². The minimum atomic E-state index is -4.94. The minimum absolute atomic E-state index is 0.294. The first-order valence-electron chi connectivity index (χ1n) is 7.49. The average Bonchev–Trinajstić information content (AvgIpc) is 2.96. The smallest absolute Gasteiger partial charge is 0.406 e. The molecule has 2 atom stereocenters. The average molecular weight is 380 g/mol. The number of halogens is 4. The van der Waals surface area contributed by atoms with Crippen LogP contribution in [-0.4, -0.2) is 47.3 Å². The van der Waals surface area contributed by atoms with Gasteiger partial charge < -0.3 is 14.7 Å². The predicted octanol–water partition coefficient (Wildman–Crippen LogP) is 3.28. The van der Waals surface area contributed by atoms with Gasteiger partial charge in [-0.3, -0.25) is 9.59 Å². The van der Waals surface area contributed by atoms with Crippen LogP contribution in [0.15, 0.2) is 18.2 Å². The number of likely N-dealkylation sites (tertiary alicyclic amines) is 1. The zero-order chi connectivity index (χ0) is 19.0. The highest BCUT2D eigenvalue weighted by Crippen LogP contribution is 2.45. The quantitative estimate of drug-likeness (QED) is 0.871. The van der Waals surface area contributed by atoms with Crippen molar-refractivity contribution in [3.8, 4) is 5.75 Å². The molecular formula is C16H17ClF3NO4. The van der Waals surface area contributed by atoms with Crippen molar-refractivity contribution < 1.29 is 32.6 Å². The first-order chi connectivity index (χ1) is 11.5. The van der Waals surface area contributed by atoms with Crippen LogP contribution < -0.4 is 4.74 Å². The normalized spacial score (nSPS) is 21.9. The summed E-state index contributed by atoms with van der Waals surface area (Å²) in [4.78, 5) is 24.4. The number of hydrogen-bond acceptors (Lipinski definition) is 3. The minimum Gasteiger partial charge on any atom is -0.481 e. The molecule has 1 aliphatic heterocycles. The largest absolute Gasteiger partial charge is 0.481 e. The number of nitrogens with zero attached hydrogens (tertiary/aromatic N) is 1. The van der Waals surface area contributed by atoms with E-state index in [9.17, 15) is 22.8 Å². The number of hydrogen-bond donors (Lipinski definition) is 1. The SMILES string of the molecule is Cc1cc(OC(C)C(=O)N2CCC(C(=O)O)(C(F)(F)F)C2)ccc1Cl. The standard InChI is InChI=1S/C16H17ClF3NO4/c1-9-7-11(3-4-12(9)17)25-10(2)13(22)21-6-5-15(8-21,14(23)24)16(18,19)20/h3-4,7,10H,5-6,8H2,1-2H3,(H,23,24). The molecule has 1 aliphatic rings. The predicted molar refractivity (Wildman–Crippen MR) is 83.6 cm³/mol. The molecular weight excluding hydrogens is 363 g/mol. The molecule has 0 radical (unpaired) electrons. The molecule has 9 heteroatoms. The van der Waals surface area contributed by atoms with E-state index in [1.807, 2.05) is 0 Å². The Morgan fingerprint density at radius 2 is 2.04 bits per heavy atom. The summed E-state index contributed by atoms with van der Waals surface area (Å²) in [6, 6.07) is 4.73. The second-order valence-corrected chi connectivity index (χ2v) is 6.47. The molecule has 2 unspecified atom stereocenters. The zero-order valence-electron chi connectivity index (χ0n) is 13.6. The summed E-state index contributed by atoms with van der Waals surface area (Å²) in [6.45, 7) is 1.93. The van der Waals surface area contributed by atoms with Crippen molar-refractivity contribution in [3.05, 3.63) is 28.8 Å². The molecule has 1 saturated heterocycles. The van der Waals surface area contributed by atoms with Crippen LogP contribution in [0.25, 0.3) is 0 Å². The Hall–Kier alpha value is -1.96. The van der Waals surface area contributed by atoms with Gasteiger partial charge in [-0.25, -0.2) is 0 Å². The number of carboxylic acids is 1. The molecule has 1 aromatic rings. The van der Waals surface area contributed by atoms with Gasteiger partial charge in [-0.05, 0) is 44.0 Å². The molecule has 1 fully saturated rings. The van der Waals surface area contributed by atoms with Crippen molar-refractivity contribution in [3.63, 3.8) is 0 Å². The highest BCUT2D eigenvalue weighted by Gasteiger charge is 2.64. The Balaban J connectivity index is 2.10. The number of amides is 1. The number of aryl methyl sites for hydroxylation is 1. The van der Waals surface area contributed by atoms with Crippen LogP contribution in [-0.2, 0) is 9.59 Å². The molecule has 0 bridgehead atoms. The van der Waals surface area contributed by atoms with Crippen LogP contribution in [0.2, 0.25) is 5.02 Å². The van der Waals surface area contributed by atoms with E-state index < -0.39 is 42.5 Å². The number of carbonyl (C=O) groups excluding carboxylic acids is 1. The molecule has 1 heterocycles. The Labute approximate surface area is 147 Å². The van der Waals surface area contributed by atoms with E-state index in [4.69, 9.17) is 21.4 Å². The fourth-order valence-corrected chi connectivity index (χ4v) is 2.84. The molecule has 0 saturated carbocycles. The van der Waals surface area contributed by atoms with Gasteiger partial charge in [-0.15, -0.1) is 0 Å². The van der Waals surface area contributed by atoms with Crippen molar-refractivity contribution in [1.29, 1.82) is 0 Å². The molecule has 138 valence electrons. The van der Waals surface area contributed by atoms with Gasteiger partial charge in [-0.1, -0.05) is 11.6 Å². The van der Waals surface area contributed by atoms with E-state index in [1.165, 1.54) is 6.92 Å². The number of carbonyl (C=O) groups is 2. The first-order valence-corrected chi connectivity index (χ1v) is 7.87. The lowest BCUT2D eigenvalue weighted by atomic mass is 9.86. The number of ether oxygens (including phenoxy) is 1. The molecule has 25 heavy (non-hydrogen) atoms. The van der Waals surface area contributed by atoms with Crippen LogP contribution in [0.4, 0.5) is 13.2 Å². The highest BCUT2D eigenvalue weighted by atomic mass is 35.5. The van der Waals surface area contributed by atoms with E-state index in [0.717, 1.165) is 10.5 Å². The van der Waals surface area contributed by atoms with E-state index in [0.29, 0.717) is 10.8 Å². The van der Waals surface area contributed by atoms with E-state index >= 15 is 0 Å². The molecule has 2 rings (SSSR count). The second-order valence-electron chi connectivity index (χ2n) is 6.07. The van der Waals surface area contributed by atoms with Gasteiger partial charge in [0.25, 0.3) is 5.91 Å². The third-order valence-corrected chi connectivity index (χ3v) is 4.75. The third kappa shape index (κ3) is 3.68. The van der Waals surface area contributed by atoms with Crippen LogP contribution in [0, 0.1) is 12.3 Å². The molecule has 0 spiro atoms. The zero-order valence-corrected chi connectivity index (χ0v) is 14.3. The number of alkyl halides is 3. The maximum atomic E-state index is 13.2. The molecule has 0 aromatic heterocycles. The second kappa shape index (κ2) is 6.74. The maximum Gasteiger partial charge on any atom is 0.406 e. The highest BCUT2D eigenvalue weighted by molar-refractivity contribution is 6.31. The topological polar surface area (TPSA) is 66.8 Å². The van der Waals surface area contributed by atoms with Crippen molar-refractivity contribution in [2.75, 3.05) is 13.1 Å². The fraction of sp³-hybridized carbons (Fsp3) is 0.500. The van der Waals surface area contributed by atoms with E-state index in [1.54, 1.807) is 25.1 Å². The lowest BCUT2D eigenvalue weighted by molar-refractivity contribution is -0.227. The van der Waals surface area contributed by atoms with Gasteiger partial charge >= 0.3 is 12.1 Å². The summed E-state index contributed by atoms with van der Waals surface area (Å²) < 4.78 is 45.0. The summed E-state index contributed by atoms with van der Waals surface area (Å²) in [5, 5.41) is 9.54. The van der Waals surface area contributed by atoms with Crippen LogP contribution in [0.5, 0.6) is 5.75 Å². The van der Waals surface area contributed by atoms with Gasteiger partial charge in [0.2, 0.25) is 0 Å². The summed E-state index contributed by atoms with van der Waals surface area (Å²) >= 11 is 5.89. The third-order valence-electron chi connectivity index (χ3n) is 4.32. The van der Waals surface area contributed by atoms with E-state index in [-0.39, 0.29) is 6.54 Å². The van der Waals surface area contributed by atoms with Gasteiger partial charge in [0.05, 0.1) is 0 Å². The lowest BCUT2D eigenvalue weighted by Gasteiger charge is -2.28. The Bertz CT molecular complexity index is 694. The van der Waals surface area contributed by atoms with Crippen LogP contribution in [0.1, 0.15) is 18.9 Å². The van der Waals surface area contributed by atoms with Crippen molar-refractivity contribution in [1.82, 2.24) is 4.90 Å².